The third kappa shape index (κ3) is 6.69. The Labute approximate surface area is 246 Å². The van der Waals surface area contributed by atoms with Crippen LogP contribution in [0.4, 0.5) is 21.5 Å². The van der Waals surface area contributed by atoms with E-state index in [1.54, 1.807) is 60.7 Å². The van der Waals surface area contributed by atoms with Gasteiger partial charge in [-0.05, 0) is 67.1 Å². The lowest BCUT2D eigenvalue weighted by molar-refractivity contribution is -0.111. The Morgan fingerprint density at radius 2 is 2.00 bits per heavy atom. The van der Waals surface area contributed by atoms with E-state index in [9.17, 15) is 14.4 Å². The van der Waals surface area contributed by atoms with E-state index in [2.05, 4.69) is 21.7 Å². The van der Waals surface area contributed by atoms with Gasteiger partial charge in [-0.3, -0.25) is 9.78 Å². The summed E-state index contributed by atoms with van der Waals surface area (Å²) >= 11 is 6.50. The standard InChI is InChI=1S/C32H24ClFN4O4/c1-2-40-30-16-27-25(15-28(30)38-31(39)11-9-24-7-4-12-41-24)32(21(17-35)18-36-27)37-23-8-10-29(26(33)14-23)42-19-20-5-3-6-22(34)13-20/h3-16,18H,2,19H2,1H3,(H,36,37)(H,38,39)/b11-9+. The molecule has 8 nitrogen and oxygen atoms in total. The molecule has 2 heterocycles. The van der Waals surface area contributed by atoms with Crippen molar-refractivity contribution < 1.29 is 23.1 Å². The number of rotatable bonds is 10. The number of carbonyl (C=O) groups excluding carboxylic acids is 1. The number of anilines is 3. The number of ether oxygens (including phenoxy) is 2. The highest BCUT2D eigenvalue weighted by Crippen LogP contribution is 2.37. The quantitative estimate of drug-likeness (QED) is 0.161. The summed E-state index contributed by atoms with van der Waals surface area (Å²) in [4.78, 5) is 17.1. The molecule has 0 radical (unpaired) electrons. The fraction of sp³-hybridized carbons (Fsp3) is 0.0938. The van der Waals surface area contributed by atoms with E-state index in [4.69, 9.17) is 25.5 Å². The number of benzene rings is 3. The van der Waals surface area contributed by atoms with Crippen molar-refractivity contribution >= 4 is 51.5 Å². The fourth-order valence-electron chi connectivity index (χ4n) is 4.16. The van der Waals surface area contributed by atoms with Crippen LogP contribution in [0.5, 0.6) is 11.5 Å². The second-order valence-electron chi connectivity index (χ2n) is 8.98. The van der Waals surface area contributed by atoms with E-state index in [0.29, 0.717) is 62.4 Å². The van der Waals surface area contributed by atoms with Crippen LogP contribution < -0.4 is 20.1 Å². The second-order valence-corrected chi connectivity index (χ2v) is 9.39. The van der Waals surface area contributed by atoms with Crippen LogP contribution in [0, 0.1) is 17.1 Å². The van der Waals surface area contributed by atoms with E-state index in [-0.39, 0.29) is 18.0 Å². The molecular weight excluding hydrogens is 559 g/mol. The van der Waals surface area contributed by atoms with Crippen LogP contribution in [0.25, 0.3) is 17.0 Å². The Bertz CT molecular complexity index is 1820. The highest BCUT2D eigenvalue weighted by atomic mass is 35.5. The SMILES string of the molecule is CCOc1cc2ncc(C#N)c(Nc3ccc(OCc4cccc(F)c4)c(Cl)c3)c2cc1NC(=O)/C=C/c1ccco1. The lowest BCUT2D eigenvalue weighted by atomic mass is 10.1. The first-order chi connectivity index (χ1) is 20.4. The third-order valence-corrected chi connectivity index (χ3v) is 6.37. The molecule has 0 aliphatic heterocycles. The van der Waals surface area contributed by atoms with E-state index < -0.39 is 5.91 Å². The van der Waals surface area contributed by atoms with Crippen LogP contribution in [-0.4, -0.2) is 17.5 Å². The Morgan fingerprint density at radius 3 is 2.74 bits per heavy atom. The monoisotopic (exact) mass is 582 g/mol. The zero-order valence-corrected chi connectivity index (χ0v) is 23.1. The van der Waals surface area contributed by atoms with Gasteiger partial charge in [-0.15, -0.1) is 0 Å². The van der Waals surface area contributed by atoms with Crippen LogP contribution >= 0.6 is 11.6 Å². The molecule has 0 saturated heterocycles. The number of furan rings is 1. The molecule has 5 rings (SSSR count). The molecule has 1 amide bonds. The minimum atomic E-state index is -0.397. The molecule has 3 aromatic carbocycles. The van der Waals surface area contributed by atoms with E-state index in [1.807, 2.05) is 6.92 Å². The molecule has 0 saturated carbocycles. The van der Waals surface area contributed by atoms with Crippen molar-refractivity contribution in [2.24, 2.45) is 0 Å². The highest BCUT2D eigenvalue weighted by Gasteiger charge is 2.16. The van der Waals surface area contributed by atoms with Gasteiger partial charge in [-0.2, -0.15) is 5.26 Å². The van der Waals surface area contributed by atoms with Crippen molar-refractivity contribution in [3.05, 3.63) is 113 Å². The van der Waals surface area contributed by atoms with Crippen LogP contribution in [0.3, 0.4) is 0 Å². The van der Waals surface area contributed by atoms with Gasteiger partial charge in [0.15, 0.2) is 0 Å². The number of nitriles is 1. The van der Waals surface area contributed by atoms with Gasteiger partial charge in [0, 0.05) is 29.4 Å². The van der Waals surface area contributed by atoms with Gasteiger partial charge in [0.25, 0.3) is 0 Å². The molecule has 10 heteroatoms. The van der Waals surface area contributed by atoms with Crippen molar-refractivity contribution in [3.63, 3.8) is 0 Å². The van der Waals surface area contributed by atoms with E-state index >= 15 is 0 Å². The number of fused-ring (bicyclic) bond motifs is 1. The lowest BCUT2D eigenvalue weighted by Gasteiger charge is -2.16. The summed E-state index contributed by atoms with van der Waals surface area (Å²) in [5.74, 6) is 0.635. The first-order valence-electron chi connectivity index (χ1n) is 12.9. The van der Waals surface area contributed by atoms with Gasteiger partial charge >= 0.3 is 0 Å². The molecule has 0 aliphatic carbocycles. The second kappa shape index (κ2) is 12.9. The topological polar surface area (TPSA) is 109 Å². The summed E-state index contributed by atoms with van der Waals surface area (Å²) in [5.41, 5.74) is 2.95. The molecule has 2 N–H and O–H groups in total. The summed E-state index contributed by atoms with van der Waals surface area (Å²) in [6, 6.07) is 20.2. The Balaban J connectivity index is 1.43. The Hall–Kier alpha value is -5.33. The normalized spacial score (nSPS) is 10.9. The molecule has 5 aromatic rings. The molecule has 0 aliphatic rings. The maximum Gasteiger partial charge on any atom is 0.248 e. The predicted octanol–water partition coefficient (Wildman–Crippen LogP) is 7.87. The lowest BCUT2D eigenvalue weighted by Crippen LogP contribution is -2.10. The number of hydrogen-bond acceptors (Lipinski definition) is 7. The average Bonchev–Trinajstić information content (AvgIpc) is 3.50. The zero-order valence-electron chi connectivity index (χ0n) is 22.4. The number of amides is 1. The Morgan fingerprint density at radius 1 is 1.12 bits per heavy atom. The van der Waals surface area contributed by atoms with E-state index in [0.717, 1.165) is 0 Å². The molecule has 0 fully saturated rings. The van der Waals surface area contributed by atoms with Crippen molar-refractivity contribution in [2.75, 3.05) is 17.2 Å². The predicted molar refractivity (Wildman–Crippen MR) is 159 cm³/mol. The highest BCUT2D eigenvalue weighted by molar-refractivity contribution is 6.32. The van der Waals surface area contributed by atoms with Gasteiger partial charge < -0.3 is 24.5 Å². The number of nitrogens with zero attached hydrogens (tertiary/aromatic N) is 2. The molecule has 42 heavy (non-hydrogen) atoms. The molecule has 0 atom stereocenters. The van der Waals surface area contributed by atoms with Crippen molar-refractivity contribution in [1.82, 2.24) is 4.98 Å². The molecule has 0 bridgehead atoms. The number of nitrogens with one attached hydrogen (secondary N) is 2. The fourth-order valence-corrected chi connectivity index (χ4v) is 4.39. The van der Waals surface area contributed by atoms with Crippen LogP contribution in [0.2, 0.25) is 5.02 Å². The maximum atomic E-state index is 13.5. The van der Waals surface area contributed by atoms with Gasteiger partial charge in [-0.1, -0.05) is 23.7 Å². The number of pyridine rings is 1. The number of halogens is 2. The largest absolute Gasteiger partial charge is 0.492 e. The van der Waals surface area contributed by atoms with Crippen molar-refractivity contribution in [2.45, 2.75) is 13.5 Å². The van der Waals surface area contributed by atoms with Crippen LogP contribution in [0.15, 0.2) is 89.7 Å². The van der Waals surface area contributed by atoms with Crippen molar-refractivity contribution in [3.8, 4) is 17.6 Å². The van der Waals surface area contributed by atoms with Crippen LogP contribution in [-0.2, 0) is 11.4 Å². The summed E-state index contributed by atoms with van der Waals surface area (Å²) in [5, 5.41) is 16.8. The van der Waals surface area contributed by atoms with Gasteiger partial charge in [0.05, 0.1) is 40.3 Å². The number of aromatic nitrogens is 1. The number of carbonyl (C=O) groups is 1. The summed E-state index contributed by atoms with van der Waals surface area (Å²) in [6.45, 7) is 2.34. The number of hydrogen-bond donors (Lipinski definition) is 2. The van der Waals surface area contributed by atoms with Crippen LogP contribution in [0.1, 0.15) is 23.8 Å². The molecular formula is C32H24ClFN4O4. The van der Waals surface area contributed by atoms with Gasteiger partial charge in [0.1, 0.15) is 35.8 Å². The smallest absolute Gasteiger partial charge is 0.248 e. The molecule has 210 valence electrons. The van der Waals surface area contributed by atoms with E-state index in [1.165, 1.54) is 30.7 Å². The van der Waals surface area contributed by atoms with Crippen molar-refractivity contribution in [1.29, 1.82) is 5.26 Å². The molecule has 2 aromatic heterocycles. The Kier molecular flexibility index (Phi) is 8.66. The summed E-state index contributed by atoms with van der Waals surface area (Å²) < 4.78 is 30.3. The maximum absolute atomic E-state index is 13.5. The first kappa shape index (κ1) is 28.2. The zero-order chi connectivity index (χ0) is 29.5. The minimum absolute atomic E-state index is 0.144. The molecule has 0 unspecified atom stereocenters. The summed E-state index contributed by atoms with van der Waals surface area (Å²) in [7, 11) is 0. The summed E-state index contributed by atoms with van der Waals surface area (Å²) in [6.07, 6.45) is 5.88. The molecule has 0 spiro atoms. The van der Waals surface area contributed by atoms with Gasteiger partial charge in [0.2, 0.25) is 5.91 Å². The average molecular weight is 583 g/mol. The van der Waals surface area contributed by atoms with Gasteiger partial charge in [-0.25, -0.2) is 4.39 Å². The third-order valence-electron chi connectivity index (χ3n) is 6.07. The minimum Gasteiger partial charge on any atom is -0.492 e. The first-order valence-corrected chi connectivity index (χ1v) is 13.3.